The Morgan fingerprint density at radius 2 is 2.08 bits per heavy atom. The van der Waals surface area contributed by atoms with Crippen LogP contribution in [-0.2, 0) is 6.54 Å². The molecule has 0 unspecified atom stereocenters. The third-order valence-corrected chi connectivity index (χ3v) is 3.89. The van der Waals surface area contributed by atoms with E-state index in [1.165, 1.54) is 15.7 Å². The Morgan fingerprint density at radius 1 is 1.36 bits per heavy atom. The average molecular weight is 349 g/mol. The van der Waals surface area contributed by atoms with E-state index in [-0.39, 0.29) is 23.6 Å². The molecule has 136 valence electrons. The molecule has 0 aliphatic heterocycles. The third-order valence-electron chi connectivity index (χ3n) is 3.89. The highest BCUT2D eigenvalue weighted by atomic mass is 16.5. The summed E-state index contributed by atoms with van der Waals surface area (Å²) in [5.74, 6) is -0.108. The van der Waals surface area contributed by atoms with Gasteiger partial charge in [0, 0.05) is 13.1 Å². The van der Waals surface area contributed by atoms with E-state index in [1.54, 1.807) is 6.92 Å². The van der Waals surface area contributed by atoms with Crippen LogP contribution in [0, 0.1) is 6.92 Å². The van der Waals surface area contributed by atoms with Gasteiger partial charge in [-0.25, -0.2) is 4.79 Å². The molecule has 9 heteroatoms. The van der Waals surface area contributed by atoms with Gasteiger partial charge in [0.2, 0.25) is 0 Å². The van der Waals surface area contributed by atoms with Gasteiger partial charge in [-0.1, -0.05) is 25.4 Å². The van der Waals surface area contributed by atoms with Crippen molar-refractivity contribution in [2.24, 2.45) is 0 Å². The molecule has 25 heavy (non-hydrogen) atoms. The van der Waals surface area contributed by atoms with Crippen molar-refractivity contribution in [2.45, 2.75) is 46.6 Å². The molecule has 0 saturated carbocycles. The number of H-pyrrole nitrogens is 1. The summed E-state index contributed by atoms with van der Waals surface area (Å²) in [4.78, 5) is 40.9. The number of aromatic nitrogens is 3. The molecule has 1 amide bonds. The predicted octanol–water partition coefficient (Wildman–Crippen LogP) is 1.27. The van der Waals surface area contributed by atoms with Gasteiger partial charge in [0.25, 0.3) is 11.5 Å². The summed E-state index contributed by atoms with van der Waals surface area (Å²) >= 11 is 0. The molecule has 0 aliphatic rings. The van der Waals surface area contributed by atoms with Crippen LogP contribution in [0.25, 0.3) is 0 Å². The van der Waals surface area contributed by atoms with E-state index in [4.69, 9.17) is 10.3 Å². The molecule has 0 spiro atoms. The summed E-state index contributed by atoms with van der Waals surface area (Å²) in [5, 5.41) is 3.61. The van der Waals surface area contributed by atoms with Crippen LogP contribution in [0.3, 0.4) is 0 Å². The summed E-state index contributed by atoms with van der Waals surface area (Å²) in [5.41, 5.74) is 5.04. The molecule has 2 heterocycles. The van der Waals surface area contributed by atoms with Crippen LogP contribution in [0.15, 0.2) is 20.3 Å². The number of anilines is 2. The molecule has 0 radical (unpaired) electrons. The Bertz CT molecular complexity index is 864. The molecule has 0 aliphatic carbocycles. The van der Waals surface area contributed by atoms with Gasteiger partial charge in [-0.3, -0.25) is 19.1 Å². The summed E-state index contributed by atoms with van der Waals surface area (Å²) in [7, 11) is 0. The van der Waals surface area contributed by atoms with E-state index in [0.717, 1.165) is 6.42 Å². The van der Waals surface area contributed by atoms with Crippen LogP contribution in [-0.4, -0.2) is 27.2 Å². The molecule has 0 saturated heterocycles. The fourth-order valence-corrected chi connectivity index (χ4v) is 2.56. The number of carbonyl (C=O) groups is 1. The number of nitrogens with two attached hydrogens (primary N) is 1. The maximum atomic E-state index is 12.9. The minimum absolute atomic E-state index is 0.0193. The van der Waals surface area contributed by atoms with Crippen LogP contribution in [0.2, 0.25) is 0 Å². The van der Waals surface area contributed by atoms with Crippen molar-refractivity contribution in [3.63, 3.8) is 0 Å². The molecule has 9 nitrogen and oxygen atoms in total. The quantitative estimate of drug-likeness (QED) is 0.775. The first kappa shape index (κ1) is 18.5. The summed E-state index contributed by atoms with van der Waals surface area (Å²) in [6.07, 6.45) is 3.45. The van der Waals surface area contributed by atoms with Crippen molar-refractivity contribution >= 4 is 17.4 Å². The lowest BCUT2D eigenvalue weighted by Crippen LogP contribution is -2.41. The normalized spacial score (nSPS) is 10.8. The molecule has 3 N–H and O–H groups in total. The highest BCUT2D eigenvalue weighted by molar-refractivity contribution is 6.07. The molecule has 2 aromatic rings. The average Bonchev–Trinajstić information content (AvgIpc) is 2.99. The molecular weight excluding hydrogens is 326 g/mol. The highest BCUT2D eigenvalue weighted by Crippen LogP contribution is 2.21. The summed E-state index contributed by atoms with van der Waals surface area (Å²) < 4.78 is 6.22. The van der Waals surface area contributed by atoms with Gasteiger partial charge in [0.1, 0.15) is 17.1 Å². The van der Waals surface area contributed by atoms with Crippen molar-refractivity contribution in [1.82, 2.24) is 14.7 Å². The number of hydrogen-bond donors (Lipinski definition) is 2. The van der Waals surface area contributed by atoms with Crippen molar-refractivity contribution in [2.75, 3.05) is 17.2 Å². The van der Waals surface area contributed by atoms with Gasteiger partial charge in [-0.2, -0.15) is 0 Å². The minimum atomic E-state index is -0.687. The second-order valence-corrected chi connectivity index (χ2v) is 5.75. The van der Waals surface area contributed by atoms with E-state index in [9.17, 15) is 14.4 Å². The Hall–Kier alpha value is -2.84. The maximum absolute atomic E-state index is 12.9. The van der Waals surface area contributed by atoms with E-state index in [0.29, 0.717) is 25.1 Å². The smallest absolute Gasteiger partial charge is 0.330 e. The van der Waals surface area contributed by atoms with Crippen LogP contribution in [0.1, 0.15) is 49.2 Å². The first-order chi connectivity index (χ1) is 11.9. The molecule has 0 aromatic carbocycles. The van der Waals surface area contributed by atoms with E-state index < -0.39 is 17.2 Å². The zero-order valence-electron chi connectivity index (χ0n) is 14.7. The number of nitrogens with one attached hydrogen (secondary N) is 1. The Kier molecular flexibility index (Phi) is 5.79. The minimum Gasteiger partial charge on any atom is -0.383 e. The first-order valence-electron chi connectivity index (χ1n) is 8.28. The van der Waals surface area contributed by atoms with Gasteiger partial charge in [0.15, 0.2) is 5.69 Å². The van der Waals surface area contributed by atoms with Crippen molar-refractivity contribution in [1.29, 1.82) is 0 Å². The monoisotopic (exact) mass is 349 g/mol. The second kappa shape index (κ2) is 7.82. The molecule has 0 fully saturated rings. The highest BCUT2D eigenvalue weighted by Gasteiger charge is 2.27. The third kappa shape index (κ3) is 3.65. The first-order valence-corrected chi connectivity index (χ1v) is 8.28. The maximum Gasteiger partial charge on any atom is 0.330 e. The molecular formula is C16H23N5O4. The lowest BCUT2D eigenvalue weighted by atomic mass is 10.2. The number of unbranched alkanes of at least 4 members (excludes halogenated alkanes) is 1. The molecule has 2 aromatic heterocycles. The Morgan fingerprint density at radius 3 is 2.64 bits per heavy atom. The number of carbonyl (C=O) groups excluding carboxylic acids is 1. The predicted molar refractivity (Wildman–Crippen MR) is 93.9 cm³/mol. The number of nitrogen functional groups attached to an aromatic ring is 1. The zero-order chi connectivity index (χ0) is 18.6. The van der Waals surface area contributed by atoms with Crippen LogP contribution < -0.4 is 21.9 Å². The van der Waals surface area contributed by atoms with Crippen molar-refractivity contribution in [3.05, 3.63) is 38.4 Å². The summed E-state index contributed by atoms with van der Waals surface area (Å²) in [6.45, 7) is 6.11. The topological polar surface area (TPSA) is 127 Å². The second-order valence-electron chi connectivity index (χ2n) is 5.75. The molecule has 2 rings (SSSR count). The number of rotatable bonds is 7. The number of aromatic amines is 1. The fraction of sp³-hybridized carbons (Fsp3) is 0.500. The molecule has 0 atom stereocenters. The number of amides is 1. The number of nitrogens with zero attached hydrogens (tertiary/aromatic N) is 3. The lowest BCUT2D eigenvalue weighted by Gasteiger charge is -2.24. The van der Waals surface area contributed by atoms with Gasteiger partial charge in [-0.15, -0.1) is 0 Å². The van der Waals surface area contributed by atoms with Crippen molar-refractivity contribution in [3.8, 4) is 0 Å². The number of hydrogen-bond acceptors (Lipinski definition) is 6. The van der Waals surface area contributed by atoms with E-state index in [2.05, 4.69) is 10.1 Å². The van der Waals surface area contributed by atoms with Crippen LogP contribution in [0.4, 0.5) is 11.5 Å². The summed E-state index contributed by atoms with van der Waals surface area (Å²) in [6, 6.07) is 0. The lowest BCUT2D eigenvalue weighted by molar-refractivity contribution is 0.0984. The standard InChI is InChI=1S/C16H23N5O4/c1-4-6-8-20(15(23)11-9-18-25-10(11)3)12-13(17)21(7-5-2)16(24)19-14(12)22/h9H,4-8,17H2,1-3H3,(H,19,22,24). The van der Waals surface area contributed by atoms with Crippen LogP contribution in [0.5, 0.6) is 0 Å². The fourth-order valence-electron chi connectivity index (χ4n) is 2.56. The Balaban J connectivity index is 2.61. The zero-order valence-corrected chi connectivity index (χ0v) is 14.7. The van der Waals surface area contributed by atoms with Gasteiger partial charge < -0.3 is 15.2 Å². The Labute approximate surface area is 144 Å². The number of aryl methyl sites for hydroxylation is 1. The van der Waals surface area contributed by atoms with Crippen LogP contribution >= 0.6 is 0 Å². The van der Waals surface area contributed by atoms with E-state index in [1.807, 2.05) is 13.8 Å². The largest absolute Gasteiger partial charge is 0.383 e. The SMILES string of the molecule is CCCCN(C(=O)c1cnoc1C)c1c(N)n(CCC)c(=O)[nH]c1=O. The van der Waals surface area contributed by atoms with Gasteiger partial charge in [0.05, 0.1) is 6.20 Å². The molecule has 0 bridgehead atoms. The van der Waals surface area contributed by atoms with Gasteiger partial charge in [-0.05, 0) is 19.8 Å². The van der Waals surface area contributed by atoms with E-state index >= 15 is 0 Å². The van der Waals surface area contributed by atoms with Gasteiger partial charge >= 0.3 is 5.69 Å². The van der Waals surface area contributed by atoms with Crippen molar-refractivity contribution < 1.29 is 9.32 Å².